The first-order valence-corrected chi connectivity index (χ1v) is 6.69. The minimum absolute atomic E-state index is 0.318. The Labute approximate surface area is 116 Å². The zero-order valence-electron chi connectivity index (χ0n) is 11.2. The molecule has 2 aliphatic rings. The Hall–Kier alpha value is -2.24. The molecule has 1 atom stereocenters. The fourth-order valence-corrected chi connectivity index (χ4v) is 2.70. The molecule has 1 fully saturated rings. The molecular formula is C14H16N2O4. The van der Waals surface area contributed by atoms with Crippen LogP contribution in [0.2, 0.25) is 0 Å². The third-order valence-electron chi connectivity index (χ3n) is 3.60. The van der Waals surface area contributed by atoms with E-state index in [1.165, 1.54) is 0 Å². The quantitative estimate of drug-likeness (QED) is 0.816. The van der Waals surface area contributed by atoms with Gasteiger partial charge in [-0.1, -0.05) is 19.4 Å². The maximum Gasteiger partial charge on any atom is 0.322 e. The molecule has 0 bridgehead atoms. The molecule has 0 radical (unpaired) electrons. The van der Waals surface area contributed by atoms with Gasteiger partial charge in [0.25, 0.3) is 5.91 Å². The van der Waals surface area contributed by atoms with Crippen LogP contribution in [0.4, 0.5) is 4.79 Å². The summed E-state index contributed by atoms with van der Waals surface area (Å²) in [6.07, 6.45) is 1.30. The average molecular weight is 276 g/mol. The van der Waals surface area contributed by atoms with Crippen LogP contribution in [0, 0.1) is 0 Å². The molecule has 1 saturated heterocycles. The molecule has 0 aliphatic carbocycles. The van der Waals surface area contributed by atoms with Crippen molar-refractivity contribution in [2.24, 2.45) is 0 Å². The molecule has 20 heavy (non-hydrogen) atoms. The van der Waals surface area contributed by atoms with Gasteiger partial charge in [-0.2, -0.15) is 0 Å². The topological polar surface area (TPSA) is 76.7 Å². The monoisotopic (exact) mass is 276 g/mol. The van der Waals surface area contributed by atoms with Gasteiger partial charge in [0.05, 0.1) is 0 Å². The largest absolute Gasteiger partial charge is 0.486 e. The van der Waals surface area contributed by atoms with E-state index in [-0.39, 0.29) is 5.91 Å². The second-order valence-electron chi connectivity index (χ2n) is 4.92. The van der Waals surface area contributed by atoms with Gasteiger partial charge in [-0.05, 0) is 24.1 Å². The molecule has 3 amide bonds. The maximum absolute atomic E-state index is 12.2. The van der Waals surface area contributed by atoms with Crippen LogP contribution < -0.4 is 20.1 Å². The van der Waals surface area contributed by atoms with Gasteiger partial charge in [-0.25, -0.2) is 4.79 Å². The predicted molar refractivity (Wildman–Crippen MR) is 70.7 cm³/mol. The number of hydrogen-bond acceptors (Lipinski definition) is 4. The van der Waals surface area contributed by atoms with E-state index >= 15 is 0 Å². The molecule has 0 spiro atoms. The summed E-state index contributed by atoms with van der Waals surface area (Å²) in [5.41, 5.74) is -0.297. The van der Waals surface area contributed by atoms with Crippen LogP contribution in [0.1, 0.15) is 25.3 Å². The van der Waals surface area contributed by atoms with Crippen molar-refractivity contribution in [2.45, 2.75) is 25.3 Å². The van der Waals surface area contributed by atoms with Crippen molar-refractivity contribution in [3.63, 3.8) is 0 Å². The Morgan fingerprint density at radius 2 is 1.95 bits per heavy atom. The van der Waals surface area contributed by atoms with E-state index in [2.05, 4.69) is 10.6 Å². The first-order chi connectivity index (χ1) is 9.65. The molecule has 1 unspecified atom stereocenters. The van der Waals surface area contributed by atoms with Crippen LogP contribution in [0.25, 0.3) is 0 Å². The number of imide groups is 1. The Morgan fingerprint density at radius 1 is 1.20 bits per heavy atom. The summed E-state index contributed by atoms with van der Waals surface area (Å²) in [6, 6.07) is 4.89. The molecule has 0 aromatic heterocycles. The fourth-order valence-electron chi connectivity index (χ4n) is 2.70. The van der Waals surface area contributed by atoms with Gasteiger partial charge in [0.2, 0.25) is 0 Å². The van der Waals surface area contributed by atoms with Gasteiger partial charge in [-0.15, -0.1) is 0 Å². The van der Waals surface area contributed by atoms with Crippen molar-refractivity contribution in [1.82, 2.24) is 10.6 Å². The van der Waals surface area contributed by atoms with E-state index in [1.54, 1.807) is 18.2 Å². The smallest absolute Gasteiger partial charge is 0.322 e. The molecule has 2 heterocycles. The number of fused-ring (bicyclic) bond motifs is 1. The van der Waals surface area contributed by atoms with Crippen LogP contribution in [0.15, 0.2) is 18.2 Å². The normalized spacial score (nSPS) is 24.2. The summed E-state index contributed by atoms with van der Waals surface area (Å²) in [7, 11) is 0. The summed E-state index contributed by atoms with van der Waals surface area (Å²) in [4.78, 5) is 23.7. The highest BCUT2D eigenvalue weighted by Gasteiger charge is 2.47. The number of hydrogen-bond donors (Lipinski definition) is 2. The van der Waals surface area contributed by atoms with Crippen molar-refractivity contribution >= 4 is 11.9 Å². The van der Waals surface area contributed by atoms with E-state index < -0.39 is 11.6 Å². The van der Waals surface area contributed by atoms with Gasteiger partial charge >= 0.3 is 6.03 Å². The third-order valence-corrected chi connectivity index (χ3v) is 3.60. The summed E-state index contributed by atoms with van der Waals surface area (Å²) >= 11 is 0. The highest BCUT2D eigenvalue weighted by molar-refractivity contribution is 6.07. The molecule has 106 valence electrons. The minimum Gasteiger partial charge on any atom is -0.486 e. The Balaban J connectivity index is 2.04. The van der Waals surface area contributed by atoms with Crippen molar-refractivity contribution in [1.29, 1.82) is 0 Å². The molecule has 2 N–H and O–H groups in total. The highest BCUT2D eigenvalue weighted by Crippen LogP contribution is 2.37. The van der Waals surface area contributed by atoms with Gasteiger partial charge in [-0.3, -0.25) is 10.1 Å². The fraction of sp³-hybridized carbons (Fsp3) is 0.429. The van der Waals surface area contributed by atoms with Gasteiger partial charge in [0, 0.05) is 0 Å². The number of nitrogens with one attached hydrogen (secondary N) is 2. The van der Waals surface area contributed by atoms with Crippen LogP contribution in [-0.2, 0) is 10.3 Å². The van der Waals surface area contributed by atoms with Crippen LogP contribution in [0.3, 0.4) is 0 Å². The maximum atomic E-state index is 12.2. The Kier molecular flexibility index (Phi) is 3.00. The zero-order chi connectivity index (χ0) is 14.2. The molecule has 0 saturated carbocycles. The van der Waals surface area contributed by atoms with E-state index in [0.717, 1.165) is 6.42 Å². The van der Waals surface area contributed by atoms with Crippen LogP contribution in [-0.4, -0.2) is 25.2 Å². The Morgan fingerprint density at radius 3 is 2.60 bits per heavy atom. The minimum atomic E-state index is -1.01. The molecule has 1 aromatic carbocycles. The van der Waals surface area contributed by atoms with Crippen molar-refractivity contribution in [3.8, 4) is 11.5 Å². The first-order valence-electron chi connectivity index (χ1n) is 6.69. The number of benzene rings is 1. The van der Waals surface area contributed by atoms with E-state index in [9.17, 15) is 9.59 Å². The molecule has 6 heteroatoms. The van der Waals surface area contributed by atoms with E-state index in [4.69, 9.17) is 9.47 Å². The summed E-state index contributed by atoms with van der Waals surface area (Å²) < 4.78 is 11.0. The predicted octanol–water partition coefficient (Wildman–Crippen LogP) is 1.29. The molecular weight excluding hydrogens is 260 g/mol. The number of carbonyl (C=O) groups is 2. The van der Waals surface area contributed by atoms with Crippen molar-refractivity contribution in [3.05, 3.63) is 23.8 Å². The van der Waals surface area contributed by atoms with Crippen molar-refractivity contribution < 1.29 is 19.1 Å². The first kappa shape index (κ1) is 12.8. The molecule has 1 aromatic rings. The lowest BCUT2D eigenvalue weighted by Gasteiger charge is -2.28. The van der Waals surface area contributed by atoms with Gasteiger partial charge in [0.15, 0.2) is 11.5 Å². The standard InChI is InChI=1S/C14H16N2O4/c1-2-5-14(12(17)15-13(18)16-14)9-3-4-10-11(8-9)20-7-6-19-10/h3-4,8H,2,5-7H2,1H3,(H2,15,16,17,18). The lowest BCUT2D eigenvalue weighted by Crippen LogP contribution is -2.43. The number of rotatable bonds is 3. The summed E-state index contributed by atoms with van der Waals surface area (Å²) in [6.45, 7) is 2.97. The highest BCUT2D eigenvalue weighted by atomic mass is 16.6. The van der Waals surface area contributed by atoms with Crippen molar-refractivity contribution in [2.75, 3.05) is 13.2 Å². The number of urea groups is 1. The SMILES string of the molecule is CCCC1(c2ccc3c(c2)OCCO3)NC(=O)NC1=O. The molecule has 6 nitrogen and oxygen atoms in total. The summed E-state index contributed by atoms with van der Waals surface area (Å²) in [5, 5.41) is 5.06. The van der Waals surface area contributed by atoms with Crippen LogP contribution in [0.5, 0.6) is 11.5 Å². The van der Waals surface area contributed by atoms with Gasteiger partial charge in [0.1, 0.15) is 18.8 Å². The number of amides is 3. The zero-order valence-corrected chi connectivity index (χ0v) is 11.2. The molecule has 3 rings (SSSR count). The summed E-state index contributed by atoms with van der Waals surface area (Å²) in [5.74, 6) is 0.954. The van der Waals surface area contributed by atoms with E-state index in [0.29, 0.717) is 36.7 Å². The Bertz CT molecular complexity index is 572. The number of ether oxygens (including phenoxy) is 2. The molecule has 2 aliphatic heterocycles. The lowest BCUT2D eigenvalue weighted by molar-refractivity contribution is -0.124. The number of carbonyl (C=O) groups excluding carboxylic acids is 2. The van der Waals surface area contributed by atoms with Gasteiger partial charge < -0.3 is 14.8 Å². The van der Waals surface area contributed by atoms with Crippen LogP contribution >= 0.6 is 0 Å². The second-order valence-corrected chi connectivity index (χ2v) is 4.92. The second kappa shape index (κ2) is 4.70. The average Bonchev–Trinajstić information content (AvgIpc) is 2.74. The van der Waals surface area contributed by atoms with E-state index in [1.807, 2.05) is 6.92 Å². The lowest BCUT2D eigenvalue weighted by atomic mass is 9.85. The third kappa shape index (κ3) is 1.88.